The van der Waals surface area contributed by atoms with Gasteiger partial charge in [-0.3, -0.25) is 0 Å². The predicted molar refractivity (Wildman–Crippen MR) is 52.6 cm³/mol. The van der Waals surface area contributed by atoms with Gasteiger partial charge in [0.25, 0.3) is 0 Å². The van der Waals surface area contributed by atoms with Crippen LogP contribution in [0, 0.1) is 0 Å². The Labute approximate surface area is 75.8 Å². The molecule has 0 atom stereocenters. The van der Waals surface area contributed by atoms with Crippen LogP contribution >= 0.6 is 0 Å². The van der Waals surface area contributed by atoms with E-state index in [0.717, 1.165) is 6.67 Å². The van der Waals surface area contributed by atoms with Gasteiger partial charge < -0.3 is 9.80 Å². The van der Waals surface area contributed by atoms with Gasteiger partial charge >= 0.3 is 0 Å². The summed E-state index contributed by atoms with van der Waals surface area (Å²) in [5, 5.41) is 0. The Morgan fingerprint density at radius 3 is 2.42 bits per heavy atom. The molecular formula is C10H20N2. The quantitative estimate of drug-likeness (QED) is 0.637. The van der Waals surface area contributed by atoms with Gasteiger partial charge in [-0.2, -0.15) is 0 Å². The van der Waals surface area contributed by atoms with Crippen molar-refractivity contribution in [2.24, 2.45) is 0 Å². The molecule has 2 nitrogen and oxygen atoms in total. The summed E-state index contributed by atoms with van der Waals surface area (Å²) < 4.78 is 0. The molecule has 0 fully saturated rings. The van der Waals surface area contributed by atoms with Crippen molar-refractivity contribution in [3.05, 3.63) is 12.4 Å². The molecule has 0 amide bonds. The monoisotopic (exact) mass is 168 g/mol. The zero-order chi connectivity index (χ0) is 9.19. The predicted octanol–water partition coefficient (Wildman–Crippen LogP) is 2.24. The Morgan fingerprint density at radius 1 is 1.33 bits per heavy atom. The van der Waals surface area contributed by atoms with Crippen molar-refractivity contribution >= 4 is 0 Å². The van der Waals surface area contributed by atoms with Crippen LogP contribution in [0.3, 0.4) is 0 Å². The highest BCUT2D eigenvalue weighted by Gasteiger charge is 2.25. The van der Waals surface area contributed by atoms with Crippen LogP contribution < -0.4 is 0 Å². The molecule has 0 bridgehead atoms. The smallest absolute Gasteiger partial charge is 0.0895 e. The van der Waals surface area contributed by atoms with E-state index in [4.69, 9.17) is 0 Å². The minimum Gasteiger partial charge on any atom is -0.362 e. The minimum atomic E-state index is 0.315. The number of nitrogens with zero attached hydrogens (tertiary/aromatic N) is 2. The van der Waals surface area contributed by atoms with Crippen LogP contribution in [0.1, 0.15) is 33.6 Å². The average Bonchev–Trinajstić information content (AvgIpc) is 2.36. The Morgan fingerprint density at radius 2 is 2.00 bits per heavy atom. The van der Waals surface area contributed by atoms with Gasteiger partial charge in [-0.05, 0) is 20.3 Å². The first kappa shape index (κ1) is 9.43. The Bertz CT molecular complexity index is 173. The second kappa shape index (κ2) is 3.38. The van der Waals surface area contributed by atoms with E-state index in [-0.39, 0.29) is 0 Å². The molecule has 2 heteroatoms. The van der Waals surface area contributed by atoms with Crippen molar-refractivity contribution < 1.29 is 0 Å². The molecule has 0 aromatic carbocycles. The summed E-state index contributed by atoms with van der Waals surface area (Å²) in [6.45, 7) is 7.89. The van der Waals surface area contributed by atoms with E-state index in [1.165, 1.54) is 12.8 Å². The SMILES string of the molecule is CCCC(C)(C)N1C=CN(C)C1. The Balaban J connectivity index is 2.52. The van der Waals surface area contributed by atoms with Gasteiger partial charge in [-0.15, -0.1) is 0 Å². The lowest BCUT2D eigenvalue weighted by molar-refractivity contribution is 0.146. The topological polar surface area (TPSA) is 6.48 Å². The van der Waals surface area contributed by atoms with Crippen LogP contribution in [0.5, 0.6) is 0 Å². The summed E-state index contributed by atoms with van der Waals surface area (Å²) in [6.07, 6.45) is 6.83. The van der Waals surface area contributed by atoms with Crippen LogP contribution in [0.15, 0.2) is 12.4 Å². The van der Waals surface area contributed by atoms with Crippen molar-refractivity contribution in [3.8, 4) is 0 Å². The lowest BCUT2D eigenvalue weighted by atomic mass is 9.97. The fourth-order valence-corrected chi connectivity index (χ4v) is 1.68. The highest BCUT2D eigenvalue weighted by Crippen LogP contribution is 2.23. The molecule has 12 heavy (non-hydrogen) atoms. The fourth-order valence-electron chi connectivity index (χ4n) is 1.68. The summed E-state index contributed by atoms with van der Waals surface area (Å²) in [7, 11) is 2.11. The van der Waals surface area contributed by atoms with E-state index in [0.29, 0.717) is 5.54 Å². The minimum absolute atomic E-state index is 0.315. The first-order valence-corrected chi connectivity index (χ1v) is 4.71. The molecule has 0 aliphatic carbocycles. The molecule has 0 aromatic heterocycles. The maximum absolute atomic E-state index is 2.40. The van der Waals surface area contributed by atoms with Crippen molar-refractivity contribution in [2.45, 2.75) is 39.2 Å². The van der Waals surface area contributed by atoms with Gasteiger partial charge in [0, 0.05) is 25.0 Å². The van der Waals surface area contributed by atoms with Gasteiger partial charge in [-0.25, -0.2) is 0 Å². The molecular weight excluding hydrogens is 148 g/mol. The van der Waals surface area contributed by atoms with E-state index < -0.39 is 0 Å². The molecule has 0 aromatic rings. The van der Waals surface area contributed by atoms with Crippen molar-refractivity contribution in [3.63, 3.8) is 0 Å². The maximum atomic E-state index is 2.40. The van der Waals surface area contributed by atoms with Crippen LogP contribution in [-0.2, 0) is 0 Å². The molecule has 0 saturated carbocycles. The van der Waals surface area contributed by atoms with E-state index in [1.807, 2.05) is 0 Å². The zero-order valence-corrected chi connectivity index (χ0v) is 8.67. The number of hydrogen-bond donors (Lipinski definition) is 0. The molecule has 0 radical (unpaired) electrons. The molecule has 1 heterocycles. The van der Waals surface area contributed by atoms with Crippen LogP contribution in [0.25, 0.3) is 0 Å². The summed E-state index contributed by atoms with van der Waals surface area (Å²) >= 11 is 0. The summed E-state index contributed by atoms with van der Waals surface area (Å²) in [6, 6.07) is 0. The Kier molecular flexibility index (Phi) is 2.65. The van der Waals surface area contributed by atoms with Gasteiger partial charge in [0.05, 0.1) is 6.67 Å². The number of rotatable bonds is 3. The summed E-state index contributed by atoms with van der Waals surface area (Å²) in [5.41, 5.74) is 0.315. The summed E-state index contributed by atoms with van der Waals surface area (Å²) in [5.74, 6) is 0. The fraction of sp³-hybridized carbons (Fsp3) is 0.800. The number of hydrogen-bond acceptors (Lipinski definition) is 2. The molecule has 0 N–H and O–H groups in total. The standard InChI is InChI=1S/C10H20N2/c1-5-6-10(2,3)12-8-7-11(4)9-12/h7-8H,5-6,9H2,1-4H3. The van der Waals surface area contributed by atoms with E-state index in [1.54, 1.807) is 0 Å². The van der Waals surface area contributed by atoms with E-state index in [2.05, 4.69) is 50.0 Å². The van der Waals surface area contributed by atoms with Crippen molar-refractivity contribution in [2.75, 3.05) is 13.7 Å². The van der Waals surface area contributed by atoms with Gasteiger partial charge in [0.1, 0.15) is 0 Å². The second-order valence-corrected chi connectivity index (χ2v) is 4.23. The first-order chi connectivity index (χ1) is 5.56. The third kappa shape index (κ3) is 1.93. The molecule has 0 saturated heterocycles. The van der Waals surface area contributed by atoms with Gasteiger partial charge in [0.2, 0.25) is 0 Å². The lowest BCUT2D eigenvalue weighted by Gasteiger charge is -2.36. The molecule has 1 aliphatic heterocycles. The van der Waals surface area contributed by atoms with Gasteiger partial charge in [-0.1, -0.05) is 13.3 Å². The molecule has 0 unspecified atom stereocenters. The Hall–Kier alpha value is -0.660. The van der Waals surface area contributed by atoms with Gasteiger partial charge in [0.15, 0.2) is 0 Å². The molecule has 70 valence electrons. The molecule has 1 rings (SSSR count). The van der Waals surface area contributed by atoms with E-state index >= 15 is 0 Å². The highest BCUT2D eigenvalue weighted by molar-refractivity contribution is 4.96. The lowest BCUT2D eigenvalue weighted by Crippen LogP contribution is -2.41. The third-order valence-electron chi connectivity index (χ3n) is 2.52. The van der Waals surface area contributed by atoms with Crippen molar-refractivity contribution in [1.29, 1.82) is 0 Å². The normalized spacial score (nSPS) is 17.7. The zero-order valence-electron chi connectivity index (χ0n) is 8.67. The van der Waals surface area contributed by atoms with E-state index in [9.17, 15) is 0 Å². The maximum Gasteiger partial charge on any atom is 0.0895 e. The largest absolute Gasteiger partial charge is 0.362 e. The molecule has 1 aliphatic rings. The van der Waals surface area contributed by atoms with Crippen LogP contribution in [-0.4, -0.2) is 29.1 Å². The highest BCUT2D eigenvalue weighted by atomic mass is 15.4. The average molecular weight is 168 g/mol. The summed E-state index contributed by atoms with van der Waals surface area (Å²) in [4.78, 5) is 4.61. The second-order valence-electron chi connectivity index (χ2n) is 4.23. The van der Waals surface area contributed by atoms with Crippen LogP contribution in [0.4, 0.5) is 0 Å². The van der Waals surface area contributed by atoms with Crippen molar-refractivity contribution in [1.82, 2.24) is 9.80 Å². The van der Waals surface area contributed by atoms with Crippen LogP contribution in [0.2, 0.25) is 0 Å². The molecule has 0 spiro atoms. The first-order valence-electron chi connectivity index (χ1n) is 4.71. The third-order valence-corrected chi connectivity index (χ3v) is 2.52.